The molecule has 0 spiro atoms. The van der Waals surface area contributed by atoms with E-state index in [1.54, 1.807) is 0 Å². The number of nitrogens with zero attached hydrogens (tertiary/aromatic N) is 3. The molecule has 3 rings (SSSR count). The second-order valence-corrected chi connectivity index (χ2v) is 5.62. The van der Waals surface area contributed by atoms with Gasteiger partial charge in [-0.15, -0.1) is 0 Å². The zero-order valence-electron chi connectivity index (χ0n) is 12.1. The molecular weight excluding hydrogens is 272 g/mol. The second kappa shape index (κ2) is 5.85. The molecule has 0 aromatic carbocycles. The van der Waals surface area contributed by atoms with Crippen LogP contribution in [0.5, 0.6) is 5.88 Å². The van der Waals surface area contributed by atoms with E-state index in [-0.39, 0.29) is 11.7 Å². The zero-order valence-corrected chi connectivity index (χ0v) is 12.1. The van der Waals surface area contributed by atoms with Crippen LogP contribution in [-0.2, 0) is 0 Å². The van der Waals surface area contributed by atoms with Gasteiger partial charge in [-0.25, -0.2) is 0 Å². The minimum atomic E-state index is -0.400. The predicted octanol–water partition coefficient (Wildman–Crippen LogP) is 2.04. The number of piperidine rings is 1. The van der Waals surface area contributed by atoms with Gasteiger partial charge in [0.1, 0.15) is 0 Å². The summed E-state index contributed by atoms with van der Waals surface area (Å²) in [6.45, 7) is 2.19. The first-order chi connectivity index (χ1) is 10.2. The van der Waals surface area contributed by atoms with Crippen molar-refractivity contribution in [2.24, 2.45) is 0 Å². The lowest BCUT2D eigenvalue weighted by atomic mass is 9.99. The summed E-state index contributed by atoms with van der Waals surface area (Å²) in [5, 5.41) is 14.4. The highest BCUT2D eigenvalue weighted by molar-refractivity contribution is 5.57. The summed E-state index contributed by atoms with van der Waals surface area (Å²) in [4.78, 5) is 17.5. The molecule has 1 aromatic rings. The maximum Gasteiger partial charge on any atom is 0.311 e. The van der Waals surface area contributed by atoms with Crippen molar-refractivity contribution in [2.45, 2.75) is 37.8 Å². The molecule has 2 aliphatic heterocycles. The highest BCUT2D eigenvalue weighted by Gasteiger charge is 2.36. The number of aromatic nitrogens is 1. The molecule has 0 amide bonds. The van der Waals surface area contributed by atoms with Crippen molar-refractivity contribution in [3.8, 4) is 5.88 Å². The average molecular weight is 292 g/mol. The van der Waals surface area contributed by atoms with Crippen LogP contribution < -0.4 is 10.1 Å². The predicted molar refractivity (Wildman–Crippen MR) is 78.7 cm³/mol. The van der Waals surface area contributed by atoms with Crippen molar-refractivity contribution in [2.75, 3.05) is 25.5 Å². The first-order valence-corrected chi connectivity index (χ1v) is 7.39. The smallest absolute Gasteiger partial charge is 0.311 e. The van der Waals surface area contributed by atoms with Gasteiger partial charge in [0.25, 0.3) is 0 Å². The van der Waals surface area contributed by atoms with E-state index in [2.05, 4.69) is 15.2 Å². The van der Waals surface area contributed by atoms with Gasteiger partial charge >= 0.3 is 5.69 Å². The van der Waals surface area contributed by atoms with Crippen molar-refractivity contribution < 1.29 is 9.66 Å². The number of hydrogen-bond donors (Lipinski definition) is 1. The van der Waals surface area contributed by atoms with E-state index in [0.717, 1.165) is 25.9 Å². The minimum absolute atomic E-state index is 0.00468. The van der Waals surface area contributed by atoms with E-state index >= 15 is 0 Å². The quantitative estimate of drug-likeness (QED) is 0.675. The lowest BCUT2D eigenvalue weighted by molar-refractivity contribution is -0.384. The van der Waals surface area contributed by atoms with Crippen LogP contribution in [0.15, 0.2) is 12.1 Å². The Kier molecular flexibility index (Phi) is 3.92. The average Bonchev–Trinajstić information content (AvgIpc) is 2.90. The summed E-state index contributed by atoms with van der Waals surface area (Å²) in [6, 6.07) is 3.65. The van der Waals surface area contributed by atoms with Gasteiger partial charge in [-0.3, -0.25) is 15.0 Å². The first kappa shape index (κ1) is 14.1. The van der Waals surface area contributed by atoms with Crippen LogP contribution in [0.2, 0.25) is 0 Å². The molecule has 21 heavy (non-hydrogen) atoms. The molecule has 2 atom stereocenters. The maximum absolute atomic E-state index is 11.2. The van der Waals surface area contributed by atoms with Gasteiger partial charge < -0.3 is 10.1 Å². The number of fused-ring (bicyclic) bond motifs is 1. The van der Waals surface area contributed by atoms with Gasteiger partial charge in [0.05, 0.1) is 12.0 Å². The standard InChI is InChI=1S/C14H20N4O3/c1-21-13-6-5-12(18(19)20)14(16-13)15-10-7-9-17-8-3-2-4-11(10)17/h5-6,10-11H,2-4,7-9H2,1H3,(H,15,16). The molecule has 114 valence electrons. The molecular formula is C14H20N4O3. The fourth-order valence-corrected chi connectivity index (χ4v) is 3.39. The number of pyridine rings is 1. The van der Waals surface area contributed by atoms with Crippen LogP contribution >= 0.6 is 0 Å². The van der Waals surface area contributed by atoms with Crippen molar-refractivity contribution >= 4 is 11.5 Å². The van der Waals surface area contributed by atoms with Crippen molar-refractivity contribution in [3.05, 3.63) is 22.2 Å². The lowest BCUT2D eigenvalue weighted by Gasteiger charge is -2.32. The van der Waals surface area contributed by atoms with E-state index in [4.69, 9.17) is 4.74 Å². The molecule has 1 aromatic heterocycles. The Bertz CT molecular complexity index is 537. The number of anilines is 1. The van der Waals surface area contributed by atoms with Gasteiger partial charge in [0.2, 0.25) is 11.7 Å². The first-order valence-electron chi connectivity index (χ1n) is 7.39. The molecule has 7 nitrogen and oxygen atoms in total. The molecule has 2 saturated heterocycles. The van der Waals surface area contributed by atoms with E-state index in [9.17, 15) is 10.1 Å². The van der Waals surface area contributed by atoms with Gasteiger partial charge in [-0.05, 0) is 25.8 Å². The molecule has 3 heterocycles. The largest absolute Gasteiger partial charge is 0.481 e. The Morgan fingerprint density at radius 1 is 1.38 bits per heavy atom. The molecule has 1 N–H and O–H groups in total. The maximum atomic E-state index is 11.2. The number of ether oxygens (including phenoxy) is 1. The van der Waals surface area contributed by atoms with E-state index < -0.39 is 4.92 Å². The minimum Gasteiger partial charge on any atom is -0.481 e. The number of methoxy groups -OCH3 is 1. The Hall–Kier alpha value is -1.89. The molecule has 2 aliphatic rings. The highest BCUT2D eigenvalue weighted by atomic mass is 16.6. The normalized spacial score (nSPS) is 25.4. The van der Waals surface area contributed by atoms with Gasteiger partial charge in [-0.2, -0.15) is 4.98 Å². The molecule has 0 aliphatic carbocycles. The summed E-state index contributed by atoms with van der Waals surface area (Å²) in [5.74, 6) is 0.707. The summed E-state index contributed by atoms with van der Waals surface area (Å²) >= 11 is 0. The Balaban J connectivity index is 1.81. The fourth-order valence-electron chi connectivity index (χ4n) is 3.39. The number of hydrogen-bond acceptors (Lipinski definition) is 6. The Morgan fingerprint density at radius 3 is 3.00 bits per heavy atom. The topological polar surface area (TPSA) is 80.5 Å². The molecule has 2 fully saturated rings. The third kappa shape index (κ3) is 2.78. The van der Waals surface area contributed by atoms with Crippen LogP contribution in [0.4, 0.5) is 11.5 Å². The van der Waals surface area contributed by atoms with E-state index in [1.165, 1.54) is 32.1 Å². The third-order valence-corrected chi connectivity index (χ3v) is 4.43. The number of nitro groups is 1. The Morgan fingerprint density at radius 2 is 2.24 bits per heavy atom. The molecule has 0 saturated carbocycles. The molecule has 0 radical (unpaired) electrons. The van der Waals surface area contributed by atoms with Crippen molar-refractivity contribution in [3.63, 3.8) is 0 Å². The summed E-state index contributed by atoms with van der Waals surface area (Å²) in [5.41, 5.74) is 0.00468. The number of rotatable bonds is 4. The monoisotopic (exact) mass is 292 g/mol. The highest BCUT2D eigenvalue weighted by Crippen LogP contribution is 2.32. The van der Waals surface area contributed by atoms with Gasteiger partial charge in [0, 0.05) is 30.8 Å². The fraction of sp³-hybridized carbons (Fsp3) is 0.643. The molecule has 2 unspecified atom stereocenters. The van der Waals surface area contributed by atoms with Crippen LogP contribution in [0.25, 0.3) is 0 Å². The molecule has 7 heteroatoms. The summed E-state index contributed by atoms with van der Waals surface area (Å²) in [6.07, 6.45) is 4.63. The van der Waals surface area contributed by atoms with Gasteiger partial charge in [0.15, 0.2) is 0 Å². The van der Waals surface area contributed by atoms with Crippen molar-refractivity contribution in [1.29, 1.82) is 0 Å². The van der Waals surface area contributed by atoms with Crippen LogP contribution in [0.1, 0.15) is 25.7 Å². The molecule has 0 bridgehead atoms. The third-order valence-electron chi connectivity index (χ3n) is 4.43. The Labute approximate surface area is 123 Å². The summed E-state index contributed by atoms with van der Waals surface area (Å²) in [7, 11) is 1.51. The van der Waals surface area contributed by atoms with E-state index in [1.807, 2.05) is 0 Å². The summed E-state index contributed by atoms with van der Waals surface area (Å²) < 4.78 is 5.08. The van der Waals surface area contributed by atoms with Crippen LogP contribution in [0.3, 0.4) is 0 Å². The number of nitrogens with one attached hydrogen (secondary N) is 1. The van der Waals surface area contributed by atoms with Crippen molar-refractivity contribution in [1.82, 2.24) is 9.88 Å². The van der Waals surface area contributed by atoms with Crippen LogP contribution in [-0.4, -0.2) is 47.1 Å². The zero-order chi connectivity index (χ0) is 14.8. The SMILES string of the molecule is COc1ccc([N+](=O)[O-])c(NC2CCN3CCCCC23)n1. The van der Waals surface area contributed by atoms with Gasteiger partial charge in [-0.1, -0.05) is 6.42 Å². The lowest BCUT2D eigenvalue weighted by Crippen LogP contribution is -2.41. The second-order valence-electron chi connectivity index (χ2n) is 5.62. The van der Waals surface area contributed by atoms with Crippen LogP contribution in [0, 0.1) is 10.1 Å². The van der Waals surface area contributed by atoms with E-state index in [0.29, 0.717) is 17.7 Å².